The number of rotatable bonds is 6. The standard InChI is InChI=1S/C22H22N4O3S/c1-15(2)26-8-6-21(14-26)30(28,29)20-4-3-19(24-13-20)12-25-22(27)17-9-16-5-7-23-11-18(16)10-17/h3-8,10-11,13-15H,9,12H2,1-2H3,(H,25,27). The fourth-order valence-electron chi connectivity index (χ4n) is 3.28. The lowest BCUT2D eigenvalue weighted by Gasteiger charge is -2.07. The fourth-order valence-corrected chi connectivity index (χ4v) is 4.50. The number of hydrogen-bond acceptors (Lipinski definition) is 5. The molecule has 0 bridgehead atoms. The van der Waals surface area contributed by atoms with Gasteiger partial charge in [-0.05, 0) is 55.3 Å². The molecule has 1 N–H and O–H groups in total. The van der Waals surface area contributed by atoms with Crippen molar-refractivity contribution >= 4 is 21.8 Å². The van der Waals surface area contributed by atoms with E-state index in [4.69, 9.17) is 0 Å². The van der Waals surface area contributed by atoms with Gasteiger partial charge in [0.05, 0.1) is 22.0 Å². The van der Waals surface area contributed by atoms with Gasteiger partial charge in [-0.3, -0.25) is 14.8 Å². The van der Waals surface area contributed by atoms with Crippen molar-refractivity contribution in [3.8, 4) is 0 Å². The van der Waals surface area contributed by atoms with Crippen LogP contribution in [0.25, 0.3) is 6.08 Å². The van der Waals surface area contributed by atoms with E-state index in [2.05, 4.69) is 15.3 Å². The molecule has 3 heterocycles. The Morgan fingerprint density at radius 2 is 2.00 bits per heavy atom. The molecular weight excluding hydrogens is 400 g/mol. The van der Waals surface area contributed by atoms with Crippen molar-refractivity contribution in [2.45, 2.75) is 42.6 Å². The van der Waals surface area contributed by atoms with Crippen LogP contribution >= 0.6 is 0 Å². The topological polar surface area (TPSA) is 94.0 Å². The molecule has 3 aromatic heterocycles. The highest BCUT2D eigenvalue weighted by Gasteiger charge is 2.21. The van der Waals surface area contributed by atoms with Crippen molar-refractivity contribution in [2.75, 3.05) is 0 Å². The van der Waals surface area contributed by atoms with Crippen molar-refractivity contribution in [1.29, 1.82) is 0 Å². The van der Waals surface area contributed by atoms with E-state index in [9.17, 15) is 13.2 Å². The first-order chi connectivity index (χ1) is 14.3. The molecule has 0 fully saturated rings. The van der Waals surface area contributed by atoms with E-state index in [-0.39, 0.29) is 28.3 Å². The maximum atomic E-state index is 12.8. The van der Waals surface area contributed by atoms with Gasteiger partial charge in [-0.25, -0.2) is 8.42 Å². The van der Waals surface area contributed by atoms with Gasteiger partial charge in [0.2, 0.25) is 15.7 Å². The summed E-state index contributed by atoms with van der Waals surface area (Å²) in [5.74, 6) is -0.167. The Morgan fingerprint density at radius 3 is 2.67 bits per heavy atom. The second-order valence-electron chi connectivity index (χ2n) is 7.48. The molecular formula is C22H22N4O3S. The monoisotopic (exact) mass is 422 g/mol. The highest BCUT2D eigenvalue weighted by molar-refractivity contribution is 7.91. The molecule has 1 aliphatic rings. The van der Waals surface area contributed by atoms with Gasteiger partial charge < -0.3 is 9.88 Å². The molecule has 0 atom stereocenters. The Labute approximate surface area is 175 Å². The fraction of sp³-hybridized carbons (Fsp3) is 0.227. The molecule has 0 radical (unpaired) electrons. The first-order valence-corrected chi connectivity index (χ1v) is 11.1. The Morgan fingerprint density at radius 1 is 1.17 bits per heavy atom. The third kappa shape index (κ3) is 3.91. The van der Waals surface area contributed by atoms with Crippen molar-refractivity contribution in [3.05, 3.63) is 77.6 Å². The summed E-state index contributed by atoms with van der Waals surface area (Å²) in [6.07, 6.45) is 10.6. The number of fused-ring (bicyclic) bond motifs is 1. The Hall–Kier alpha value is -3.26. The van der Waals surface area contributed by atoms with E-state index in [1.807, 2.05) is 30.6 Å². The first kappa shape index (κ1) is 20.0. The minimum atomic E-state index is -3.63. The van der Waals surface area contributed by atoms with Crippen LogP contribution in [0.5, 0.6) is 0 Å². The summed E-state index contributed by atoms with van der Waals surface area (Å²) >= 11 is 0. The normalized spacial score (nSPS) is 13.2. The zero-order valence-electron chi connectivity index (χ0n) is 16.7. The summed E-state index contributed by atoms with van der Waals surface area (Å²) in [7, 11) is -3.63. The molecule has 0 spiro atoms. The van der Waals surface area contributed by atoms with Crippen LogP contribution < -0.4 is 5.32 Å². The number of aromatic nitrogens is 3. The molecule has 1 aliphatic carbocycles. The highest BCUT2D eigenvalue weighted by Crippen LogP contribution is 2.24. The SMILES string of the molecule is CC(C)n1ccc(S(=O)(=O)c2ccc(CNC(=O)C3=Cc4cnccc4C3)nc2)c1. The van der Waals surface area contributed by atoms with Crippen LogP contribution in [0.4, 0.5) is 0 Å². The molecule has 3 aromatic rings. The lowest BCUT2D eigenvalue weighted by Crippen LogP contribution is -2.25. The number of carbonyl (C=O) groups is 1. The number of amides is 1. The van der Waals surface area contributed by atoms with Gasteiger partial charge in [0.15, 0.2) is 0 Å². The molecule has 4 rings (SSSR count). The van der Waals surface area contributed by atoms with Crippen LogP contribution in [0, 0.1) is 0 Å². The molecule has 8 heteroatoms. The van der Waals surface area contributed by atoms with Crippen LogP contribution in [0.2, 0.25) is 0 Å². The Bertz CT molecular complexity index is 1230. The summed E-state index contributed by atoms with van der Waals surface area (Å²) in [5.41, 5.74) is 3.29. The molecule has 0 saturated carbocycles. The van der Waals surface area contributed by atoms with E-state index >= 15 is 0 Å². The van der Waals surface area contributed by atoms with E-state index in [0.29, 0.717) is 17.7 Å². The first-order valence-electron chi connectivity index (χ1n) is 9.64. The van der Waals surface area contributed by atoms with Gasteiger partial charge in [0, 0.05) is 49.0 Å². The van der Waals surface area contributed by atoms with E-state index < -0.39 is 9.84 Å². The number of pyridine rings is 2. The molecule has 1 amide bonds. The molecule has 0 aliphatic heterocycles. The van der Waals surface area contributed by atoms with Crippen LogP contribution in [-0.2, 0) is 27.6 Å². The average molecular weight is 423 g/mol. The van der Waals surface area contributed by atoms with Crippen LogP contribution in [0.15, 0.2) is 70.6 Å². The Kier molecular flexibility index (Phi) is 5.26. The molecule has 7 nitrogen and oxygen atoms in total. The molecule has 154 valence electrons. The van der Waals surface area contributed by atoms with Crippen LogP contribution in [0.1, 0.15) is 36.7 Å². The van der Waals surface area contributed by atoms with Crippen LogP contribution in [-0.4, -0.2) is 28.9 Å². The third-order valence-electron chi connectivity index (χ3n) is 5.08. The number of hydrogen-bond donors (Lipinski definition) is 1. The summed E-state index contributed by atoms with van der Waals surface area (Å²) in [5, 5.41) is 2.84. The van der Waals surface area contributed by atoms with Crippen LogP contribution in [0.3, 0.4) is 0 Å². The summed E-state index contributed by atoms with van der Waals surface area (Å²) in [6, 6.07) is 6.81. The largest absolute Gasteiger partial charge is 0.350 e. The van der Waals surface area contributed by atoms with Crippen molar-refractivity contribution in [2.24, 2.45) is 0 Å². The predicted octanol–water partition coefficient (Wildman–Crippen LogP) is 2.95. The van der Waals surface area contributed by atoms with E-state index in [1.54, 1.807) is 36.9 Å². The minimum Gasteiger partial charge on any atom is -0.350 e. The molecule has 0 aromatic carbocycles. The van der Waals surface area contributed by atoms with Crippen molar-refractivity contribution in [1.82, 2.24) is 19.9 Å². The minimum absolute atomic E-state index is 0.125. The molecule has 0 unspecified atom stereocenters. The van der Waals surface area contributed by atoms with Gasteiger partial charge in [-0.1, -0.05) is 0 Å². The second-order valence-corrected chi connectivity index (χ2v) is 9.43. The van der Waals surface area contributed by atoms with Gasteiger partial charge >= 0.3 is 0 Å². The maximum absolute atomic E-state index is 12.8. The lowest BCUT2D eigenvalue weighted by atomic mass is 10.1. The van der Waals surface area contributed by atoms with Crippen molar-refractivity contribution < 1.29 is 13.2 Å². The third-order valence-corrected chi connectivity index (χ3v) is 6.80. The number of nitrogens with zero attached hydrogens (tertiary/aromatic N) is 3. The van der Waals surface area contributed by atoms with E-state index in [1.165, 1.54) is 12.3 Å². The number of nitrogens with one attached hydrogen (secondary N) is 1. The highest BCUT2D eigenvalue weighted by atomic mass is 32.2. The lowest BCUT2D eigenvalue weighted by molar-refractivity contribution is -0.117. The van der Waals surface area contributed by atoms with Gasteiger partial charge in [0.25, 0.3) is 0 Å². The van der Waals surface area contributed by atoms with E-state index in [0.717, 1.165) is 11.1 Å². The summed E-state index contributed by atoms with van der Waals surface area (Å²) in [6.45, 7) is 4.19. The number of carbonyl (C=O) groups excluding carboxylic acids is 1. The van der Waals surface area contributed by atoms with Crippen molar-refractivity contribution in [3.63, 3.8) is 0 Å². The summed E-state index contributed by atoms with van der Waals surface area (Å²) < 4.78 is 27.4. The number of sulfone groups is 1. The zero-order valence-corrected chi connectivity index (χ0v) is 17.6. The maximum Gasteiger partial charge on any atom is 0.247 e. The van der Waals surface area contributed by atoms with Gasteiger partial charge in [-0.2, -0.15) is 0 Å². The Balaban J connectivity index is 1.41. The van der Waals surface area contributed by atoms with Gasteiger partial charge in [-0.15, -0.1) is 0 Å². The quantitative estimate of drug-likeness (QED) is 0.659. The predicted molar refractivity (Wildman–Crippen MR) is 112 cm³/mol. The summed E-state index contributed by atoms with van der Waals surface area (Å²) in [4.78, 5) is 21.1. The smallest absolute Gasteiger partial charge is 0.247 e. The van der Waals surface area contributed by atoms with Gasteiger partial charge in [0.1, 0.15) is 0 Å². The average Bonchev–Trinajstić information content (AvgIpc) is 3.40. The zero-order chi connectivity index (χ0) is 21.3. The molecule has 30 heavy (non-hydrogen) atoms. The second kappa shape index (κ2) is 7.87. The molecule has 0 saturated heterocycles.